The summed E-state index contributed by atoms with van der Waals surface area (Å²) in [6.07, 6.45) is 16.7. The number of anilines is 2. The van der Waals surface area contributed by atoms with E-state index >= 15 is 0 Å². The van der Waals surface area contributed by atoms with Crippen LogP contribution in [0.5, 0.6) is 5.75 Å². The minimum atomic E-state index is -1.68. The molecule has 0 fully saturated rings. The SMILES string of the molecule is CC1CN(c2ccc(NS(=O)Oc3ccccc3)cc2)N=C1C=O.CCCCCCCCCCCCC. The average molecular weight is 528 g/mol. The normalized spacial score (nSPS) is 15.4. The molecule has 0 radical (unpaired) electrons. The first-order valence-electron chi connectivity index (χ1n) is 13.9. The quantitative estimate of drug-likeness (QED) is 0.177. The number of carbonyl (C=O) groups is 1. The van der Waals surface area contributed by atoms with E-state index in [1.165, 1.54) is 70.6 Å². The third-order valence-corrected chi connectivity index (χ3v) is 7.04. The molecule has 0 saturated carbocycles. The maximum absolute atomic E-state index is 12.0. The molecule has 0 spiro atoms. The fourth-order valence-electron chi connectivity index (χ4n) is 4.05. The number of nitrogens with zero attached hydrogens (tertiary/aromatic N) is 2. The van der Waals surface area contributed by atoms with Crippen molar-refractivity contribution in [2.75, 3.05) is 16.3 Å². The van der Waals surface area contributed by atoms with E-state index in [-0.39, 0.29) is 5.92 Å². The van der Waals surface area contributed by atoms with Crippen molar-refractivity contribution >= 4 is 34.6 Å². The minimum absolute atomic E-state index is 0.118. The van der Waals surface area contributed by atoms with Gasteiger partial charge in [-0.05, 0) is 36.4 Å². The van der Waals surface area contributed by atoms with Gasteiger partial charge in [0.1, 0.15) is 11.5 Å². The van der Waals surface area contributed by atoms with Crippen molar-refractivity contribution in [1.82, 2.24) is 0 Å². The van der Waals surface area contributed by atoms with Crippen molar-refractivity contribution in [3.63, 3.8) is 0 Å². The number of nitrogens with one attached hydrogen (secondary N) is 1. The number of hydrogen-bond acceptors (Lipinski definition) is 5. The molecule has 1 aliphatic rings. The van der Waals surface area contributed by atoms with E-state index in [9.17, 15) is 9.00 Å². The first-order chi connectivity index (χ1) is 18.1. The smallest absolute Gasteiger partial charge is 0.316 e. The van der Waals surface area contributed by atoms with Gasteiger partial charge in [0.15, 0.2) is 6.29 Å². The van der Waals surface area contributed by atoms with Crippen molar-refractivity contribution in [1.29, 1.82) is 0 Å². The Kier molecular flexibility index (Phi) is 15.3. The monoisotopic (exact) mass is 527 g/mol. The van der Waals surface area contributed by atoms with E-state index in [0.29, 0.717) is 23.7 Å². The zero-order valence-electron chi connectivity index (χ0n) is 22.9. The van der Waals surface area contributed by atoms with Crippen LogP contribution >= 0.6 is 0 Å². The van der Waals surface area contributed by atoms with Crippen LogP contribution in [0.15, 0.2) is 59.7 Å². The maximum Gasteiger partial charge on any atom is 0.316 e. The van der Waals surface area contributed by atoms with Gasteiger partial charge in [0.25, 0.3) is 0 Å². The summed E-state index contributed by atoms with van der Waals surface area (Å²) in [5.74, 6) is 0.647. The van der Waals surface area contributed by atoms with Gasteiger partial charge in [-0.1, -0.05) is 110 Å². The van der Waals surface area contributed by atoms with Crippen molar-refractivity contribution in [2.24, 2.45) is 11.0 Å². The highest BCUT2D eigenvalue weighted by Crippen LogP contribution is 2.24. The second-order valence-electron chi connectivity index (χ2n) is 9.59. The van der Waals surface area contributed by atoms with E-state index in [0.717, 1.165) is 12.0 Å². The van der Waals surface area contributed by atoms with Gasteiger partial charge in [-0.25, -0.2) is 0 Å². The average Bonchev–Trinajstić information content (AvgIpc) is 3.29. The summed E-state index contributed by atoms with van der Waals surface area (Å²) in [6.45, 7) is 7.20. The Labute approximate surface area is 226 Å². The Balaban J connectivity index is 0.000000317. The van der Waals surface area contributed by atoms with E-state index in [1.807, 2.05) is 37.3 Å². The number of para-hydroxylation sites is 1. The summed E-state index contributed by atoms with van der Waals surface area (Å²) in [7, 11) is 0. The highest BCUT2D eigenvalue weighted by Gasteiger charge is 2.23. The number of carbonyl (C=O) groups excluding carboxylic acids is 1. The Bertz CT molecular complexity index is 925. The lowest BCUT2D eigenvalue weighted by atomic mass is 10.1. The predicted octanol–water partition coefficient (Wildman–Crippen LogP) is 8.08. The standard InChI is InChI=1S/C17H17N3O3S.C13H28/c1-13-11-20(18-17(13)12-21)15-9-7-14(8-10-15)19-24(22)23-16-5-3-2-4-6-16;1-3-5-7-9-11-13-12-10-8-6-4-2/h2-10,12-13,19H,11H2,1H3;3-13H2,1-2H3. The first kappa shape index (κ1) is 30.6. The molecule has 3 rings (SSSR count). The molecule has 2 aromatic carbocycles. The molecule has 0 bridgehead atoms. The third kappa shape index (κ3) is 12.4. The van der Waals surface area contributed by atoms with Crippen LogP contribution in [0.25, 0.3) is 0 Å². The highest BCUT2D eigenvalue weighted by molar-refractivity contribution is 7.81. The van der Waals surface area contributed by atoms with Crippen LogP contribution in [0.4, 0.5) is 11.4 Å². The van der Waals surface area contributed by atoms with Crippen LogP contribution in [0.3, 0.4) is 0 Å². The van der Waals surface area contributed by atoms with Crippen molar-refractivity contribution < 1.29 is 13.2 Å². The van der Waals surface area contributed by atoms with Gasteiger partial charge in [-0.15, -0.1) is 0 Å². The van der Waals surface area contributed by atoms with Crippen LogP contribution in [0.1, 0.15) is 91.4 Å². The van der Waals surface area contributed by atoms with Crippen LogP contribution < -0.4 is 13.9 Å². The number of hydrazone groups is 1. The molecule has 1 aliphatic heterocycles. The molecule has 2 atom stereocenters. The zero-order valence-corrected chi connectivity index (χ0v) is 23.7. The molecule has 1 heterocycles. The molecule has 1 N–H and O–H groups in total. The van der Waals surface area contributed by atoms with Crippen molar-refractivity contribution in [2.45, 2.75) is 91.4 Å². The minimum Gasteiger partial charge on any atom is -0.385 e. The first-order valence-corrected chi connectivity index (χ1v) is 15.0. The fraction of sp³-hybridized carbons (Fsp3) is 0.533. The molecular weight excluding hydrogens is 482 g/mol. The molecule has 6 nitrogen and oxygen atoms in total. The lowest BCUT2D eigenvalue weighted by Crippen LogP contribution is -2.17. The lowest BCUT2D eigenvalue weighted by molar-refractivity contribution is -0.102. The van der Waals surface area contributed by atoms with Gasteiger partial charge in [0.2, 0.25) is 0 Å². The van der Waals surface area contributed by atoms with E-state index < -0.39 is 11.3 Å². The topological polar surface area (TPSA) is 71.0 Å². The van der Waals surface area contributed by atoms with Gasteiger partial charge in [-0.3, -0.25) is 14.5 Å². The summed E-state index contributed by atoms with van der Waals surface area (Å²) in [5.41, 5.74) is 2.09. The molecule has 2 unspecified atom stereocenters. The Morgan fingerprint density at radius 2 is 1.43 bits per heavy atom. The Morgan fingerprint density at radius 3 is 1.92 bits per heavy atom. The van der Waals surface area contributed by atoms with Crippen LogP contribution in [-0.2, 0) is 16.1 Å². The molecule has 204 valence electrons. The van der Waals surface area contributed by atoms with Crippen LogP contribution in [0.2, 0.25) is 0 Å². The molecule has 0 aromatic heterocycles. The summed E-state index contributed by atoms with van der Waals surface area (Å²) < 4.78 is 20.0. The molecule has 0 saturated heterocycles. The second kappa shape index (κ2) is 18.6. The molecule has 0 amide bonds. The van der Waals surface area contributed by atoms with E-state index in [1.54, 1.807) is 29.3 Å². The van der Waals surface area contributed by atoms with Crippen molar-refractivity contribution in [3.8, 4) is 5.75 Å². The number of rotatable bonds is 16. The van der Waals surface area contributed by atoms with Gasteiger partial charge < -0.3 is 4.18 Å². The molecule has 7 heteroatoms. The van der Waals surface area contributed by atoms with Crippen molar-refractivity contribution in [3.05, 3.63) is 54.6 Å². The number of unbranched alkanes of at least 4 members (excludes halogenated alkanes) is 10. The number of benzene rings is 2. The van der Waals surface area contributed by atoms with Crippen LogP contribution in [0, 0.1) is 5.92 Å². The maximum atomic E-state index is 12.0. The highest BCUT2D eigenvalue weighted by atomic mass is 32.2. The van der Waals surface area contributed by atoms with Gasteiger partial charge in [-0.2, -0.15) is 9.31 Å². The summed E-state index contributed by atoms with van der Waals surface area (Å²) in [6, 6.07) is 16.2. The second-order valence-corrected chi connectivity index (χ2v) is 10.4. The van der Waals surface area contributed by atoms with E-state index in [4.69, 9.17) is 4.18 Å². The van der Waals surface area contributed by atoms with Crippen LogP contribution in [-0.4, -0.2) is 22.8 Å². The fourth-order valence-corrected chi connectivity index (χ4v) is 4.71. The van der Waals surface area contributed by atoms with E-state index in [2.05, 4.69) is 23.7 Å². The largest absolute Gasteiger partial charge is 0.385 e. The molecular formula is C30H45N3O3S. The predicted molar refractivity (Wildman–Crippen MR) is 157 cm³/mol. The van der Waals surface area contributed by atoms with Gasteiger partial charge in [0, 0.05) is 18.2 Å². The Hall–Kier alpha value is -2.67. The Morgan fingerprint density at radius 1 is 0.892 bits per heavy atom. The number of aldehydes is 1. The lowest BCUT2D eigenvalue weighted by Gasteiger charge is -2.15. The number of hydrogen-bond donors (Lipinski definition) is 1. The summed E-state index contributed by atoms with van der Waals surface area (Å²) >= 11 is -1.68. The molecule has 0 aliphatic carbocycles. The van der Waals surface area contributed by atoms with Gasteiger partial charge >= 0.3 is 11.3 Å². The molecule has 2 aromatic rings. The summed E-state index contributed by atoms with van der Waals surface area (Å²) in [4.78, 5) is 10.9. The van der Waals surface area contributed by atoms with Gasteiger partial charge in [0.05, 0.1) is 5.69 Å². The summed E-state index contributed by atoms with van der Waals surface area (Å²) in [5, 5.41) is 6.07. The third-order valence-electron chi connectivity index (χ3n) is 6.30. The molecule has 37 heavy (non-hydrogen) atoms. The zero-order chi connectivity index (χ0) is 26.7.